The van der Waals surface area contributed by atoms with Gasteiger partial charge in [-0.15, -0.1) is 0 Å². The average molecular weight is 413 g/mol. The van der Waals surface area contributed by atoms with Crippen molar-refractivity contribution in [3.8, 4) is 0 Å². The molecule has 8 heteroatoms. The lowest BCUT2D eigenvalue weighted by molar-refractivity contribution is 0.0474. The normalized spacial score (nSPS) is 17.1. The summed E-state index contributed by atoms with van der Waals surface area (Å²) in [5, 5.41) is 9.53. The average Bonchev–Trinajstić information content (AvgIpc) is 2.62. The molecule has 0 saturated carbocycles. The molecule has 170 valence electrons. The van der Waals surface area contributed by atoms with E-state index in [2.05, 4.69) is 37.7 Å². The van der Waals surface area contributed by atoms with Crippen LogP contribution < -0.4 is 16.0 Å². The molecule has 1 heterocycles. The van der Waals surface area contributed by atoms with Gasteiger partial charge < -0.3 is 30.5 Å². The Labute approximate surface area is 177 Å². The number of nitrogens with zero attached hydrogens (tertiary/aromatic N) is 3. The summed E-state index contributed by atoms with van der Waals surface area (Å²) in [6.45, 7) is 20.2. The van der Waals surface area contributed by atoms with Crippen LogP contribution >= 0.6 is 0 Å². The van der Waals surface area contributed by atoms with Crippen molar-refractivity contribution in [1.82, 2.24) is 25.8 Å². The Morgan fingerprint density at radius 2 is 1.62 bits per heavy atom. The van der Waals surface area contributed by atoms with E-state index in [1.807, 2.05) is 34.6 Å². The largest absolute Gasteiger partial charge is 0.444 e. The zero-order valence-electron chi connectivity index (χ0n) is 19.7. The van der Waals surface area contributed by atoms with Gasteiger partial charge in [-0.05, 0) is 60.5 Å². The van der Waals surface area contributed by atoms with Gasteiger partial charge in [0, 0.05) is 46.3 Å². The van der Waals surface area contributed by atoms with E-state index in [4.69, 9.17) is 4.74 Å². The molecule has 1 amide bonds. The highest BCUT2D eigenvalue weighted by Gasteiger charge is 2.24. The fourth-order valence-corrected chi connectivity index (χ4v) is 3.15. The molecule has 8 nitrogen and oxygen atoms in total. The Morgan fingerprint density at radius 1 is 1.00 bits per heavy atom. The number of hydrogen-bond donors (Lipinski definition) is 3. The number of guanidine groups is 1. The molecule has 1 aliphatic rings. The lowest BCUT2D eigenvalue weighted by Crippen LogP contribution is -2.54. The number of hydrogen-bond acceptors (Lipinski definition) is 5. The van der Waals surface area contributed by atoms with Crippen LogP contribution in [0.25, 0.3) is 0 Å². The number of piperazine rings is 1. The van der Waals surface area contributed by atoms with Gasteiger partial charge in [-0.25, -0.2) is 4.79 Å². The first-order valence-electron chi connectivity index (χ1n) is 10.9. The first kappa shape index (κ1) is 25.5. The summed E-state index contributed by atoms with van der Waals surface area (Å²) in [6.07, 6.45) is 1.88. The van der Waals surface area contributed by atoms with E-state index in [1.165, 1.54) is 32.6 Å². The minimum Gasteiger partial charge on any atom is -0.444 e. The third-order valence-electron chi connectivity index (χ3n) is 4.87. The number of nitrogens with one attached hydrogen (secondary N) is 3. The van der Waals surface area contributed by atoms with Gasteiger partial charge in [0.1, 0.15) is 5.60 Å². The van der Waals surface area contributed by atoms with Crippen molar-refractivity contribution in [1.29, 1.82) is 0 Å². The molecule has 1 fully saturated rings. The van der Waals surface area contributed by atoms with E-state index in [1.54, 1.807) is 7.05 Å². The highest BCUT2D eigenvalue weighted by atomic mass is 16.6. The summed E-state index contributed by atoms with van der Waals surface area (Å²) < 4.78 is 5.33. The minimum atomic E-state index is -0.505. The molecule has 0 unspecified atom stereocenters. The molecule has 0 aromatic carbocycles. The number of ether oxygens (including phenoxy) is 1. The molecule has 29 heavy (non-hydrogen) atoms. The van der Waals surface area contributed by atoms with Gasteiger partial charge >= 0.3 is 6.09 Å². The summed E-state index contributed by atoms with van der Waals surface area (Å²) in [5.74, 6) is 0.751. The fraction of sp³-hybridized carbons (Fsp3) is 0.905. The van der Waals surface area contributed by atoms with Crippen LogP contribution in [0.5, 0.6) is 0 Å². The molecule has 0 aliphatic carbocycles. The first-order valence-corrected chi connectivity index (χ1v) is 10.9. The van der Waals surface area contributed by atoms with Gasteiger partial charge in [-0.3, -0.25) is 4.99 Å². The quantitative estimate of drug-likeness (QED) is 0.305. The van der Waals surface area contributed by atoms with Crippen molar-refractivity contribution in [2.75, 3.05) is 59.4 Å². The zero-order valence-corrected chi connectivity index (χ0v) is 19.7. The standard InChI is InChI=1S/C21H44N6O2/c1-8-26-13-15-27(16-14-26)12-10-9-11-23-18(22-7)24-17-21(5,6)25-19(28)29-20(2,3)4/h8-17H2,1-7H3,(H,25,28)(H2,22,23,24). The summed E-state index contributed by atoms with van der Waals surface area (Å²) in [5.41, 5.74) is -0.963. The SMILES string of the molecule is CCN1CCN(CCCCNC(=NC)NCC(C)(C)NC(=O)OC(C)(C)C)CC1. The molecule has 0 bridgehead atoms. The van der Waals surface area contributed by atoms with Gasteiger partial charge in [0.25, 0.3) is 0 Å². The van der Waals surface area contributed by atoms with Crippen LogP contribution in [-0.2, 0) is 4.74 Å². The third kappa shape index (κ3) is 11.9. The lowest BCUT2D eigenvalue weighted by Gasteiger charge is -2.34. The number of carbonyl (C=O) groups excluding carboxylic acids is 1. The molecule has 1 saturated heterocycles. The maximum Gasteiger partial charge on any atom is 0.408 e. The van der Waals surface area contributed by atoms with E-state index < -0.39 is 17.2 Å². The summed E-state index contributed by atoms with van der Waals surface area (Å²) >= 11 is 0. The van der Waals surface area contributed by atoms with Crippen molar-refractivity contribution in [2.45, 2.75) is 65.5 Å². The Bertz CT molecular complexity index is 508. The predicted octanol–water partition coefficient (Wildman–Crippen LogP) is 1.87. The van der Waals surface area contributed by atoms with Crippen LogP contribution in [0.4, 0.5) is 4.79 Å². The molecule has 0 aromatic rings. The lowest BCUT2D eigenvalue weighted by atomic mass is 10.1. The fourth-order valence-electron chi connectivity index (χ4n) is 3.15. The maximum absolute atomic E-state index is 12.0. The monoisotopic (exact) mass is 412 g/mol. The molecular weight excluding hydrogens is 368 g/mol. The van der Waals surface area contributed by atoms with Crippen molar-refractivity contribution >= 4 is 12.1 Å². The highest BCUT2D eigenvalue weighted by molar-refractivity contribution is 5.79. The van der Waals surface area contributed by atoms with E-state index in [-0.39, 0.29) is 0 Å². The molecule has 0 aromatic heterocycles. The maximum atomic E-state index is 12.0. The molecule has 0 spiro atoms. The number of alkyl carbamates (subject to hydrolysis) is 1. The zero-order chi connectivity index (χ0) is 21.9. The van der Waals surface area contributed by atoms with Crippen LogP contribution in [0.1, 0.15) is 54.4 Å². The van der Waals surface area contributed by atoms with Crippen molar-refractivity contribution in [3.63, 3.8) is 0 Å². The van der Waals surface area contributed by atoms with Gasteiger partial charge in [0.2, 0.25) is 0 Å². The Morgan fingerprint density at radius 3 is 2.17 bits per heavy atom. The number of rotatable bonds is 9. The first-order chi connectivity index (χ1) is 13.5. The molecule has 0 atom stereocenters. The molecular formula is C21H44N6O2. The van der Waals surface area contributed by atoms with E-state index >= 15 is 0 Å². The van der Waals surface area contributed by atoms with Gasteiger partial charge in [-0.1, -0.05) is 6.92 Å². The second-order valence-electron chi connectivity index (χ2n) is 9.35. The summed E-state index contributed by atoms with van der Waals surface area (Å²) in [6, 6.07) is 0. The van der Waals surface area contributed by atoms with Crippen molar-refractivity contribution in [2.24, 2.45) is 4.99 Å². The second-order valence-corrected chi connectivity index (χ2v) is 9.35. The minimum absolute atomic E-state index is 0.410. The molecule has 0 radical (unpaired) electrons. The van der Waals surface area contributed by atoms with E-state index in [9.17, 15) is 4.79 Å². The Balaban J connectivity index is 2.19. The number of carbonyl (C=O) groups is 1. The van der Waals surface area contributed by atoms with Crippen LogP contribution in [0.15, 0.2) is 4.99 Å². The predicted molar refractivity (Wildman–Crippen MR) is 121 cm³/mol. The second kappa shape index (κ2) is 12.2. The summed E-state index contributed by atoms with van der Waals surface area (Å²) in [4.78, 5) is 21.3. The third-order valence-corrected chi connectivity index (χ3v) is 4.87. The van der Waals surface area contributed by atoms with Gasteiger partial charge in [0.05, 0.1) is 5.54 Å². The number of likely N-dealkylation sites (N-methyl/N-ethyl adjacent to an activating group) is 1. The van der Waals surface area contributed by atoms with Crippen LogP contribution in [0.2, 0.25) is 0 Å². The van der Waals surface area contributed by atoms with Crippen LogP contribution in [0, 0.1) is 0 Å². The molecule has 1 aliphatic heterocycles. The number of amides is 1. The van der Waals surface area contributed by atoms with E-state index in [0.717, 1.165) is 32.0 Å². The van der Waals surface area contributed by atoms with Crippen LogP contribution in [0.3, 0.4) is 0 Å². The van der Waals surface area contributed by atoms with Gasteiger partial charge in [-0.2, -0.15) is 0 Å². The van der Waals surface area contributed by atoms with Crippen molar-refractivity contribution < 1.29 is 9.53 Å². The smallest absolute Gasteiger partial charge is 0.408 e. The van der Waals surface area contributed by atoms with Gasteiger partial charge in [0.15, 0.2) is 5.96 Å². The molecule has 1 rings (SSSR count). The number of unbranched alkanes of at least 4 members (excludes halogenated alkanes) is 1. The highest BCUT2D eigenvalue weighted by Crippen LogP contribution is 2.09. The number of aliphatic imine (C=N–C) groups is 1. The topological polar surface area (TPSA) is 81.2 Å². The Kier molecular flexibility index (Phi) is 10.7. The van der Waals surface area contributed by atoms with Crippen LogP contribution in [-0.4, -0.2) is 92.4 Å². The van der Waals surface area contributed by atoms with E-state index in [0.29, 0.717) is 6.54 Å². The summed E-state index contributed by atoms with van der Waals surface area (Å²) in [7, 11) is 1.76. The molecule has 3 N–H and O–H groups in total. The Hall–Kier alpha value is -1.54. The van der Waals surface area contributed by atoms with Crippen molar-refractivity contribution in [3.05, 3.63) is 0 Å².